The van der Waals surface area contributed by atoms with Crippen LogP contribution in [0.2, 0.25) is 0 Å². The summed E-state index contributed by atoms with van der Waals surface area (Å²) >= 11 is 0. The van der Waals surface area contributed by atoms with Gasteiger partial charge in [-0.1, -0.05) is 13.8 Å². The van der Waals surface area contributed by atoms with E-state index < -0.39 is 5.60 Å². The van der Waals surface area contributed by atoms with Gasteiger partial charge in [0.25, 0.3) is 0 Å². The number of ether oxygens (including phenoxy) is 1. The normalized spacial score (nSPS) is 49.8. The fraction of sp³-hybridized carbons (Fsp3) is 1.00. The maximum Gasteiger partial charge on any atom is 0.0777 e. The van der Waals surface area contributed by atoms with Crippen molar-refractivity contribution < 1.29 is 9.84 Å². The first kappa shape index (κ1) is 11.9. The summed E-state index contributed by atoms with van der Waals surface area (Å²) in [5.41, 5.74) is -0.0443. The van der Waals surface area contributed by atoms with Crippen LogP contribution < -0.4 is 0 Å². The highest BCUT2D eigenvalue weighted by atomic mass is 16.5. The second-order valence-electron chi connectivity index (χ2n) is 7.00. The van der Waals surface area contributed by atoms with E-state index in [-0.39, 0.29) is 0 Å². The maximum absolute atomic E-state index is 10.7. The van der Waals surface area contributed by atoms with Gasteiger partial charge < -0.3 is 9.84 Å². The van der Waals surface area contributed by atoms with Gasteiger partial charge in [0.2, 0.25) is 0 Å². The zero-order valence-electron chi connectivity index (χ0n) is 11.3. The third kappa shape index (κ3) is 1.83. The van der Waals surface area contributed by atoms with E-state index in [1.165, 1.54) is 6.42 Å². The Bertz CT molecular complexity index is 307. The van der Waals surface area contributed by atoms with Crippen molar-refractivity contribution in [3.05, 3.63) is 0 Å². The fourth-order valence-corrected chi connectivity index (χ4v) is 4.24. The van der Waals surface area contributed by atoms with Gasteiger partial charge in [0.15, 0.2) is 0 Å². The number of aliphatic hydroxyl groups is 1. The lowest BCUT2D eigenvalue weighted by Crippen LogP contribution is -2.56. The number of fused-ring (bicyclic) bond motifs is 1. The molecule has 0 aromatic carbocycles. The van der Waals surface area contributed by atoms with Crippen LogP contribution >= 0.6 is 0 Å². The largest absolute Gasteiger partial charge is 0.389 e. The summed E-state index contributed by atoms with van der Waals surface area (Å²) in [5, 5.41) is 10.7. The Hall–Kier alpha value is -0.120. The quantitative estimate of drug-likeness (QED) is 0.753. The molecule has 0 radical (unpaired) electrons. The molecule has 0 spiro atoms. The molecule has 4 atom stereocenters. The summed E-state index contributed by atoms with van der Waals surface area (Å²) < 4.78 is 5.41. The minimum Gasteiger partial charge on any atom is -0.389 e. The number of hydrogen-bond donors (Lipinski definition) is 1. The monoisotopic (exact) mass is 239 g/mol. The van der Waals surface area contributed by atoms with E-state index in [4.69, 9.17) is 4.74 Å². The molecule has 0 aromatic heterocycles. The van der Waals surface area contributed by atoms with Crippen LogP contribution in [0.15, 0.2) is 0 Å². The van der Waals surface area contributed by atoms with Gasteiger partial charge in [-0.2, -0.15) is 0 Å². The Morgan fingerprint density at radius 3 is 2.41 bits per heavy atom. The Balaban J connectivity index is 1.75. The molecular formula is C14H25NO2. The summed E-state index contributed by atoms with van der Waals surface area (Å²) in [6, 6.07) is 0.342. The van der Waals surface area contributed by atoms with Gasteiger partial charge in [-0.15, -0.1) is 0 Å². The van der Waals surface area contributed by atoms with E-state index >= 15 is 0 Å². The van der Waals surface area contributed by atoms with Crippen molar-refractivity contribution in [2.45, 2.75) is 45.3 Å². The van der Waals surface area contributed by atoms with E-state index in [1.807, 2.05) is 6.92 Å². The van der Waals surface area contributed by atoms with Crippen LogP contribution in [0.5, 0.6) is 0 Å². The van der Waals surface area contributed by atoms with Crippen LogP contribution in [-0.4, -0.2) is 48.0 Å². The summed E-state index contributed by atoms with van der Waals surface area (Å²) in [7, 11) is 0. The molecule has 3 rings (SSSR count). The Labute approximate surface area is 104 Å². The maximum atomic E-state index is 10.7. The number of rotatable bonds is 1. The first-order valence-electron chi connectivity index (χ1n) is 6.97. The van der Waals surface area contributed by atoms with Gasteiger partial charge in [-0.05, 0) is 37.0 Å². The summed E-state index contributed by atoms with van der Waals surface area (Å²) in [5.74, 6) is 1.57. The standard InChI is InChI=1S/C14H25NO2/c1-13(2)10-8-12(14(3,16)9-11(10)13)15-4-6-17-7-5-15/h10-12,16H,4-9H2,1-3H3/t10-,11+,12?,14+/m1/s1. The first-order valence-corrected chi connectivity index (χ1v) is 6.97. The molecule has 3 aliphatic rings. The second kappa shape index (κ2) is 3.69. The van der Waals surface area contributed by atoms with Crippen molar-refractivity contribution in [1.82, 2.24) is 4.90 Å². The number of nitrogens with zero attached hydrogens (tertiary/aromatic N) is 1. The summed E-state index contributed by atoms with van der Waals surface area (Å²) in [6.07, 6.45) is 2.15. The van der Waals surface area contributed by atoms with Gasteiger partial charge in [0, 0.05) is 19.1 Å². The minimum absolute atomic E-state index is 0.342. The van der Waals surface area contributed by atoms with Gasteiger partial charge in [-0.25, -0.2) is 0 Å². The highest BCUT2D eigenvalue weighted by Gasteiger charge is 2.64. The third-order valence-electron chi connectivity index (χ3n) is 5.60. The van der Waals surface area contributed by atoms with Crippen LogP contribution in [-0.2, 0) is 4.74 Å². The van der Waals surface area contributed by atoms with Crippen LogP contribution in [0.25, 0.3) is 0 Å². The molecule has 17 heavy (non-hydrogen) atoms. The zero-order valence-corrected chi connectivity index (χ0v) is 11.3. The van der Waals surface area contributed by atoms with Crippen LogP contribution in [0.1, 0.15) is 33.6 Å². The first-order chi connectivity index (χ1) is 7.93. The lowest BCUT2D eigenvalue weighted by molar-refractivity contribution is -0.0890. The molecule has 1 N–H and O–H groups in total. The molecule has 3 heteroatoms. The molecule has 2 aliphatic carbocycles. The Morgan fingerprint density at radius 1 is 1.12 bits per heavy atom. The molecular weight excluding hydrogens is 214 g/mol. The lowest BCUT2D eigenvalue weighted by Gasteiger charge is -2.45. The number of hydrogen-bond acceptors (Lipinski definition) is 3. The van der Waals surface area contributed by atoms with Crippen molar-refractivity contribution in [1.29, 1.82) is 0 Å². The molecule has 0 bridgehead atoms. The van der Waals surface area contributed by atoms with Crippen molar-refractivity contribution in [3.8, 4) is 0 Å². The van der Waals surface area contributed by atoms with Crippen molar-refractivity contribution in [2.75, 3.05) is 26.3 Å². The average Bonchev–Trinajstić information content (AvgIpc) is 2.78. The third-order valence-corrected chi connectivity index (χ3v) is 5.60. The predicted octanol–water partition coefficient (Wildman–Crippen LogP) is 1.50. The second-order valence-corrected chi connectivity index (χ2v) is 7.00. The smallest absolute Gasteiger partial charge is 0.0777 e. The van der Waals surface area contributed by atoms with E-state index in [1.54, 1.807) is 0 Å². The summed E-state index contributed by atoms with van der Waals surface area (Å²) in [4.78, 5) is 2.45. The Morgan fingerprint density at radius 2 is 1.76 bits per heavy atom. The zero-order chi connectivity index (χ0) is 12.3. The highest BCUT2D eigenvalue weighted by molar-refractivity contribution is 5.14. The molecule has 1 aliphatic heterocycles. The highest BCUT2D eigenvalue weighted by Crippen LogP contribution is 2.66. The van der Waals surface area contributed by atoms with Gasteiger partial charge >= 0.3 is 0 Å². The van der Waals surface area contributed by atoms with Crippen molar-refractivity contribution in [3.63, 3.8) is 0 Å². The van der Waals surface area contributed by atoms with Gasteiger partial charge in [0.1, 0.15) is 0 Å². The minimum atomic E-state index is -0.508. The molecule has 1 saturated heterocycles. The molecule has 1 heterocycles. The van der Waals surface area contributed by atoms with E-state index in [2.05, 4.69) is 18.7 Å². The Kier molecular flexibility index (Phi) is 2.59. The predicted molar refractivity (Wildman–Crippen MR) is 66.8 cm³/mol. The van der Waals surface area contributed by atoms with E-state index in [9.17, 15) is 5.11 Å². The van der Waals surface area contributed by atoms with E-state index in [0.717, 1.165) is 44.6 Å². The molecule has 0 aromatic rings. The van der Waals surface area contributed by atoms with Gasteiger partial charge in [-0.3, -0.25) is 4.90 Å². The van der Waals surface area contributed by atoms with Crippen molar-refractivity contribution >= 4 is 0 Å². The van der Waals surface area contributed by atoms with Crippen molar-refractivity contribution in [2.24, 2.45) is 17.3 Å². The molecule has 2 saturated carbocycles. The van der Waals surface area contributed by atoms with Gasteiger partial charge in [0.05, 0.1) is 18.8 Å². The molecule has 1 unspecified atom stereocenters. The number of morpholine rings is 1. The average molecular weight is 239 g/mol. The molecule has 98 valence electrons. The topological polar surface area (TPSA) is 32.7 Å². The summed E-state index contributed by atoms with van der Waals surface area (Å²) in [6.45, 7) is 10.4. The van der Waals surface area contributed by atoms with E-state index in [0.29, 0.717) is 11.5 Å². The van der Waals surface area contributed by atoms with Crippen LogP contribution in [0.3, 0.4) is 0 Å². The van der Waals surface area contributed by atoms with Crippen LogP contribution in [0, 0.1) is 17.3 Å². The fourth-order valence-electron chi connectivity index (χ4n) is 4.24. The lowest BCUT2D eigenvalue weighted by atomic mass is 9.80. The molecule has 3 fully saturated rings. The molecule has 3 nitrogen and oxygen atoms in total. The SMILES string of the molecule is CC1(C)[C@@H]2CC(N3CCOCC3)[C@@](C)(O)C[C@@H]21. The van der Waals surface area contributed by atoms with Crippen LogP contribution in [0.4, 0.5) is 0 Å². The molecule has 0 amide bonds.